The zero-order chi connectivity index (χ0) is 29.3. The first-order valence-electron chi connectivity index (χ1n) is 14.9. The molecule has 7 aromatic carbocycles. The quantitative estimate of drug-likeness (QED) is 0.209. The maximum Gasteiger partial charge on any atom is 0.160 e. The molecule has 0 aliphatic carbocycles. The molecule has 0 aliphatic rings. The second-order valence-corrected chi connectivity index (χ2v) is 11.0. The average molecular weight is 561 g/mol. The molecule has 206 valence electrons. The summed E-state index contributed by atoms with van der Waals surface area (Å²) in [6, 6.07) is 59.7. The average Bonchev–Trinajstić information content (AvgIpc) is 3.11. The third-order valence-corrected chi connectivity index (χ3v) is 8.33. The Morgan fingerprint density at radius 2 is 0.591 bits per heavy atom. The summed E-state index contributed by atoms with van der Waals surface area (Å²) in [5, 5.41) is 4.74. The van der Waals surface area contributed by atoms with Crippen molar-refractivity contribution in [3.63, 3.8) is 0 Å². The number of aromatic nitrogens is 2. The molecule has 0 fully saturated rings. The smallest absolute Gasteiger partial charge is 0.160 e. The Kier molecular flexibility index (Phi) is 6.51. The Bertz CT molecular complexity index is 2120. The summed E-state index contributed by atoms with van der Waals surface area (Å²) in [5.41, 5.74) is 9.81. The molecule has 2 nitrogen and oxygen atoms in total. The van der Waals surface area contributed by atoms with Crippen molar-refractivity contribution in [2.24, 2.45) is 0 Å². The van der Waals surface area contributed by atoms with Crippen LogP contribution in [-0.4, -0.2) is 9.97 Å². The Morgan fingerprint density at radius 3 is 1.00 bits per heavy atom. The number of fused-ring (bicyclic) bond motifs is 2. The number of rotatable bonds is 5. The van der Waals surface area contributed by atoms with Crippen LogP contribution in [0.3, 0.4) is 0 Å². The van der Waals surface area contributed by atoms with Crippen LogP contribution in [0, 0.1) is 0 Å². The molecule has 0 saturated heterocycles. The minimum Gasteiger partial charge on any atom is -0.228 e. The molecule has 0 atom stereocenters. The third-order valence-electron chi connectivity index (χ3n) is 8.33. The van der Waals surface area contributed by atoms with Crippen molar-refractivity contribution in [2.45, 2.75) is 0 Å². The maximum absolute atomic E-state index is 5.19. The van der Waals surface area contributed by atoms with Crippen molar-refractivity contribution in [1.29, 1.82) is 0 Å². The zero-order valence-corrected chi connectivity index (χ0v) is 24.1. The molecule has 8 rings (SSSR count). The number of hydrogen-bond donors (Lipinski definition) is 0. The molecule has 1 aromatic heterocycles. The highest BCUT2D eigenvalue weighted by atomic mass is 14.9. The van der Waals surface area contributed by atoms with Crippen LogP contribution >= 0.6 is 0 Å². The molecule has 0 unspecified atom stereocenters. The van der Waals surface area contributed by atoms with Gasteiger partial charge in [0.15, 0.2) is 5.82 Å². The van der Waals surface area contributed by atoms with E-state index in [9.17, 15) is 0 Å². The largest absolute Gasteiger partial charge is 0.228 e. The summed E-state index contributed by atoms with van der Waals surface area (Å²) in [5.74, 6) is 0.713. The molecule has 0 radical (unpaired) electrons. The normalized spacial score (nSPS) is 11.2. The van der Waals surface area contributed by atoms with E-state index in [0.29, 0.717) is 5.82 Å². The van der Waals surface area contributed by atoms with E-state index in [2.05, 4.69) is 152 Å². The number of benzene rings is 7. The minimum atomic E-state index is 0.713. The lowest BCUT2D eigenvalue weighted by atomic mass is 9.92. The SMILES string of the molecule is c1ccc(-c2nc(-c3ccc(-c4ccccc4)c4ccccc34)cc(-c3ccc(-c4ccccc4)c4ccccc34)n2)cc1. The van der Waals surface area contributed by atoms with Crippen molar-refractivity contribution >= 4 is 21.5 Å². The van der Waals surface area contributed by atoms with Crippen LogP contribution in [0.2, 0.25) is 0 Å². The van der Waals surface area contributed by atoms with Crippen LogP contribution in [0.5, 0.6) is 0 Å². The van der Waals surface area contributed by atoms with Gasteiger partial charge >= 0.3 is 0 Å². The first-order valence-corrected chi connectivity index (χ1v) is 14.9. The van der Waals surface area contributed by atoms with E-state index < -0.39 is 0 Å². The van der Waals surface area contributed by atoms with E-state index in [-0.39, 0.29) is 0 Å². The fourth-order valence-electron chi connectivity index (χ4n) is 6.22. The van der Waals surface area contributed by atoms with E-state index in [4.69, 9.17) is 9.97 Å². The molecule has 1 heterocycles. The summed E-state index contributed by atoms with van der Waals surface area (Å²) in [6.45, 7) is 0. The predicted molar refractivity (Wildman–Crippen MR) is 184 cm³/mol. The summed E-state index contributed by atoms with van der Waals surface area (Å²) in [6.07, 6.45) is 0. The monoisotopic (exact) mass is 560 g/mol. The second-order valence-electron chi connectivity index (χ2n) is 11.0. The van der Waals surface area contributed by atoms with Gasteiger partial charge in [0.25, 0.3) is 0 Å². The Morgan fingerprint density at radius 1 is 0.273 bits per heavy atom. The van der Waals surface area contributed by atoms with Gasteiger partial charge in [-0.05, 0) is 49.9 Å². The molecule has 0 N–H and O–H groups in total. The molecule has 44 heavy (non-hydrogen) atoms. The van der Waals surface area contributed by atoms with Crippen molar-refractivity contribution in [3.05, 3.63) is 170 Å². The van der Waals surface area contributed by atoms with E-state index in [1.54, 1.807) is 0 Å². The minimum absolute atomic E-state index is 0.713. The van der Waals surface area contributed by atoms with Crippen molar-refractivity contribution in [3.8, 4) is 56.2 Å². The molecule has 0 amide bonds. The van der Waals surface area contributed by atoms with E-state index in [1.165, 1.54) is 43.8 Å². The Hall–Kier alpha value is -5.86. The summed E-state index contributed by atoms with van der Waals surface area (Å²) < 4.78 is 0. The lowest BCUT2D eigenvalue weighted by Gasteiger charge is -2.15. The molecule has 0 aliphatic heterocycles. The van der Waals surface area contributed by atoms with Crippen molar-refractivity contribution in [2.75, 3.05) is 0 Å². The Labute approximate surface area is 257 Å². The second kappa shape index (κ2) is 11.1. The van der Waals surface area contributed by atoms with Gasteiger partial charge in [0, 0.05) is 16.7 Å². The fourth-order valence-corrected chi connectivity index (χ4v) is 6.22. The van der Waals surface area contributed by atoms with Crippen LogP contribution in [0.15, 0.2) is 170 Å². The highest BCUT2D eigenvalue weighted by molar-refractivity contribution is 6.07. The summed E-state index contributed by atoms with van der Waals surface area (Å²) in [7, 11) is 0. The molecule has 0 bridgehead atoms. The first kappa shape index (κ1) is 25.8. The summed E-state index contributed by atoms with van der Waals surface area (Å²) in [4.78, 5) is 10.4. The molecule has 8 aromatic rings. The third kappa shape index (κ3) is 4.63. The van der Waals surface area contributed by atoms with Crippen LogP contribution in [0.25, 0.3) is 77.7 Å². The van der Waals surface area contributed by atoms with E-state index >= 15 is 0 Å². The molecule has 0 spiro atoms. The predicted octanol–water partition coefficient (Wildman–Crippen LogP) is 11.1. The number of hydrogen-bond acceptors (Lipinski definition) is 2. The van der Waals surface area contributed by atoms with Crippen LogP contribution in [-0.2, 0) is 0 Å². The molecular formula is C42H28N2. The standard InChI is InChI=1S/C42H28N2/c1-4-14-29(15-5-1)32-24-26-38(36-22-12-10-20-34(32)36)40-28-41(44-42(43-40)31-18-8-3-9-19-31)39-27-25-33(30-16-6-2-7-17-30)35-21-11-13-23-37(35)39/h1-28H. The lowest BCUT2D eigenvalue weighted by molar-refractivity contribution is 1.19. The van der Waals surface area contributed by atoms with E-state index in [1.807, 2.05) is 18.2 Å². The molecule has 0 saturated carbocycles. The molecule has 2 heteroatoms. The summed E-state index contributed by atoms with van der Waals surface area (Å²) >= 11 is 0. The van der Waals surface area contributed by atoms with Gasteiger partial charge in [-0.3, -0.25) is 0 Å². The van der Waals surface area contributed by atoms with Crippen LogP contribution < -0.4 is 0 Å². The maximum atomic E-state index is 5.19. The van der Waals surface area contributed by atoms with Gasteiger partial charge in [-0.25, -0.2) is 9.97 Å². The van der Waals surface area contributed by atoms with Gasteiger partial charge in [-0.1, -0.05) is 164 Å². The van der Waals surface area contributed by atoms with Gasteiger partial charge < -0.3 is 0 Å². The van der Waals surface area contributed by atoms with Gasteiger partial charge in [0.1, 0.15) is 0 Å². The van der Waals surface area contributed by atoms with Crippen molar-refractivity contribution < 1.29 is 0 Å². The highest BCUT2D eigenvalue weighted by Gasteiger charge is 2.17. The highest BCUT2D eigenvalue weighted by Crippen LogP contribution is 2.39. The van der Waals surface area contributed by atoms with E-state index in [0.717, 1.165) is 28.1 Å². The van der Waals surface area contributed by atoms with Gasteiger partial charge in [0.2, 0.25) is 0 Å². The number of nitrogens with zero attached hydrogens (tertiary/aromatic N) is 2. The fraction of sp³-hybridized carbons (Fsp3) is 0. The topological polar surface area (TPSA) is 25.8 Å². The molecular weight excluding hydrogens is 532 g/mol. The van der Waals surface area contributed by atoms with Crippen LogP contribution in [0.1, 0.15) is 0 Å². The first-order chi connectivity index (χ1) is 21.8. The lowest BCUT2D eigenvalue weighted by Crippen LogP contribution is -1.97. The van der Waals surface area contributed by atoms with Gasteiger partial charge in [-0.2, -0.15) is 0 Å². The van der Waals surface area contributed by atoms with Crippen LogP contribution in [0.4, 0.5) is 0 Å². The van der Waals surface area contributed by atoms with Gasteiger partial charge in [0.05, 0.1) is 11.4 Å². The van der Waals surface area contributed by atoms with Crippen molar-refractivity contribution in [1.82, 2.24) is 9.97 Å². The zero-order valence-electron chi connectivity index (χ0n) is 24.1. The Balaban J connectivity index is 1.37. The van der Waals surface area contributed by atoms with Gasteiger partial charge in [-0.15, -0.1) is 0 Å².